The molecule has 0 radical (unpaired) electrons. The van der Waals surface area contributed by atoms with Gasteiger partial charge >= 0.3 is 0 Å². The minimum atomic E-state index is -0.820. The summed E-state index contributed by atoms with van der Waals surface area (Å²) in [5, 5.41) is 15.0. The number of nitrogens with one attached hydrogen (secondary N) is 1. The van der Waals surface area contributed by atoms with Crippen LogP contribution >= 0.6 is 11.6 Å². The molecule has 184 valence electrons. The topological polar surface area (TPSA) is 96.7 Å². The largest absolute Gasteiger partial charge is 0.483 e. The third-order valence-electron chi connectivity index (χ3n) is 5.86. The molecule has 8 nitrogen and oxygen atoms in total. The lowest BCUT2D eigenvalue weighted by Gasteiger charge is -2.29. The van der Waals surface area contributed by atoms with Crippen molar-refractivity contribution in [1.29, 1.82) is 0 Å². The van der Waals surface area contributed by atoms with Crippen LogP contribution in [0.2, 0.25) is 5.02 Å². The maximum Gasteiger partial charge on any atom is 0.290 e. The predicted molar refractivity (Wildman–Crippen MR) is 125 cm³/mol. The van der Waals surface area contributed by atoms with E-state index < -0.39 is 17.5 Å². The van der Waals surface area contributed by atoms with Crippen LogP contribution in [0.3, 0.4) is 0 Å². The summed E-state index contributed by atoms with van der Waals surface area (Å²) in [7, 11) is 0. The molecule has 0 saturated carbocycles. The van der Waals surface area contributed by atoms with E-state index in [-0.39, 0.29) is 23.8 Å². The molecule has 2 aliphatic heterocycles. The van der Waals surface area contributed by atoms with Crippen LogP contribution in [0.5, 0.6) is 11.5 Å². The summed E-state index contributed by atoms with van der Waals surface area (Å²) in [6.07, 6.45) is 3.41. The number of halogens is 3. The molecule has 1 aromatic heterocycles. The molecule has 2 fully saturated rings. The fraction of sp³-hybridized carbons (Fsp3) is 0.292. The monoisotopic (exact) mass is 504 g/mol. The number of hydrogen-bond donors (Lipinski definition) is 2. The lowest BCUT2D eigenvalue weighted by molar-refractivity contribution is -0.122. The maximum absolute atomic E-state index is 14.9. The Kier molecular flexibility index (Phi) is 7.62. The van der Waals surface area contributed by atoms with E-state index >= 15 is 0 Å². The van der Waals surface area contributed by atoms with E-state index in [1.165, 1.54) is 4.90 Å². The highest BCUT2D eigenvalue weighted by atomic mass is 35.5. The van der Waals surface area contributed by atoms with Crippen LogP contribution in [0, 0.1) is 11.6 Å². The van der Waals surface area contributed by atoms with E-state index in [9.17, 15) is 13.6 Å². The van der Waals surface area contributed by atoms with Crippen molar-refractivity contribution in [3.05, 3.63) is 64.8 Å². The lowest BCUT2D eigenvalue weighted by Crippen LogP contribution is -2.44. The highest BCUT2D eigenvalue weighted by Crippen LogP contribution is 2.38. The lowest BCUT2D eigenvalue weighted by atomic mass is 10.1. The van der Waals surface area contributed by atoms with Crippen LogP contribution in [-0.2, 0) is 4.79 Å². The van der Waals surface area contributed by atoms with Crippen LogP contribution in [0.4, 0.5) is 8.78 Å². The number of ether oxygens (including phenoxy) is 1. The first-order valence-corrected chi connectivity index (χ1v) is 11.4. The number of hydrogen-bond acceptors (Lipinski definition) is 5. The molecule has 0 unspecified atom stereocenters. The first kappa shape index (κ1) is 24.6. The molecule has 2 aromatic carbocycles. The fourth-order valence-electron chi connectivity index (χ4n) is 4.04. The van der Waals surface area contributed by atoms with E-state index in [0.717, 1.165) is 43.8 Å². The second-order valence-electron chi connectivity index (χ2n) is 8.08. The Morgan fingerprint density at radius 1 is 1.11 bits per heavy atom. The average Bonchev–Trinajstić information content (AvgIpc) is 3.49. The number of nitrogens with zero attached hydrogens (tertiary/aromatic N) is 3. The van der Waals surface area contributed by atoms with Crippen molar-refractivity contribution in [2.75, 3.05) is 26.2 Å². The summed E-state index contributed by atoms with van der Waals surface area (Å²) < 4.78 is 37.3. The average molecular weight is 505 g/mol. The molecule has 0 spiro atoms. The summed E-state index contributed by atoms with van der Waals surface area (Å²) in [4.78, 5) is 22.4. The van der Waals surface area contributed by atoms with Gasteiger partial charge in [-0.1, -0.05) is 11.6 Å². The predicted octanol–water partition coefficient (Wildman–Crippen LogP) is 4.36. The van der Waals surface area contributed by atoms with Crippen molar-refractivity contribution < 1.29 is 28.2 Å². The third kappa shape index (κ3) is 5.28. The SMILES string of the molecule is O=C(c1cc(F)c(Oc2ccc(Cl)cc2-c2ccnn2C2CNC2)cc1F)N1CCCC1.O=CO. The Morgan fingerprint density at radius 2 is 1.83 bits per heavy atom. The second kappa shape index (κ2) is 10.8. The van der Waals surface area contributed by atoms with Gasteiger partial charge in [-0.25, -0.2) is 8.78 Å². The van der Waals surface area contributed by atoms with E-state index in [4.69, 9.17) is 26.2 Å². The Balaban J connectivity index is 0.000000917. The molecule has 3 heterocycles. The van der Waals surface area contributed by atoms with Gasteiger partial charge in [-0.15, -0.1) is 0 Å². The second-order valence-corrected chi connectivity index (χ2v) is 8.52. The molecule has 0 atom stereocenters. The minimum absolute atomic E-state index is 0.192. The van der Waals surface area contributed by atoms with Crippen molar-refractivity contribution >= 4 is 24.0 Å². The van der Waals surface area contributed by atoms with Crippen LogP contribution in [0.15, 0.2) is 42.6 Å². The van der Waals surface area contributed by atoms with E-state index in [2.05, 4.69) is 10.4 Å². The number of benzene rings is 2. The fourth-order valence-corrected chi connectivity index (χ4v) is 4.21. The first-order valence-electron chi connectivity index (χ1n) is 11.0. The van der Waals surface area contributed by atoms with Gasteiger partial charge in [0.2, 0.25) is 0 Å². The zero-order valence-corrected chi connectivity index (χ0v) is 19.3. The molecule has 35 heavy (non-hydrogen) atoms. The van der Waals surface area contributed by atoms with Gasteiger partial charge < -0.3 is 20.1 Å². The first-order chi connectivity index (χ1) is 16.9. The highest BCUT2D eigenvalue weighted by molar-refractivity contribution is 6.31. The van der Waals surface area contributed by atoms with Crippen molar-refractivity contribution in [2.24, 2.45) is 0 Å². The van der Waals surface area contributed by atoms with Crippen molar-refractivity contribution in [1.82, 2.24) is 20.0 Å². The van der Waals surface area contributed by atoms with Gasteiger partial charge in [-0.05, 0) is 43.2 Å². The van der Waals surface area contributed by atoms with Gasteiger partial charge in [-0.2, -0.15) is 5.10 Å². The number of carbonyl (C=O) groups excluding carboxylic acids is 1. The Morgan fingerprint density at radius 3 is 2.49 bits per heavy atom. The molecule has 11 heteroatoms. The normalized spacial score (nSPS) is 15.2. The van der Waals surface area contributed by atoms with E-state index in [0.29, 0.717) is 29.4 Å². The van der Waals surface area contributed by atoms with Gasteiger partial charge in [-0.3, -0.25) is 14.3 Å². The van der Waals surface area contributed by atoms with Gasteiger partial charge in [0.25, 0.3) is 12.4 Å². The molecule has 2 aliphatic rings. The quantitative estimate of drug-likeness (QED) is 0.501. The molecular formula is C24H23ClF2N4O4. The Bertz CT molecular complexity index is 1230. The van der Waals surface area contributed by atoms with Crippen LogP contribution in [-0.4, -0.2) is 58.3 Å². The van der Waals surface area contributed by atoms with Crippen molar-refractivity contribution in [3.8, 4) is 22.8 Å². The number of carboxylic acid groups (broad SMARTS) is 1. The standard InChI is InChI=1S/C23H21ClF2N4O2.CH2O2/c24-14-3-4-21(17(9-14)20-5-6-28-30(20)15-12-27-13-15)32-22-11-18(25)16(10-19(22)26)23(31)29-7-1-2-8-29;2-1-3/h3-6,9-11,15,27H,1-2,7-8,12-13H2;1H,(H,2,3). The summed E-state index contributed by atoms with van der Waals surface area (Å²) in [5.74, 6) is -2.14. The molecule has 3 aromatic rings. The zero-order valence-electron chi connectivity index (χ0n) is 18.6. The van der Waals surface area contributed by atoms with Crippen molar-refractivity contribution in [2.45, 2.75) is 18.9 Å². The molecule has 0 aliphatic carbocycles. The number of carbonyl (C=O) groups is 2. The summed E-state index contributed by atoms with van der Waals surface area (Å²) in [6, 6.07) is 8.77. The minimum Gasteiger partial charge on any atom is -0.483 e. The van der Waals surface area contributed by atoms with Crippen molar-refractivity contribution in [3.63, 3.8) is 0 Å². The van der Waals surface area contributed by atoms with Gasteiger partial charge in [0.15, 0.2) is 11.6 Å². The Hall–Kier alpha value is -3.50. The number of likely N-dealkylation sites (tertiary alicyclic amines) is 1. The Labute approximate surface area is 205 Å². The third-order valence-corrected chi connectivity index (χ3v) is 6.09. The highest BCUT2D eigenvalue weighted by Gasteiger charge is 2.26. The number of rotatable bonds is 5. The molecule has 2 saturated heterocycles. The summed E-state index contributed by atoms with van der Waals surface area (Å²) in [6.45, 7) is 2.43. The number of aromatic nitrogens is 2. The molecule has 5 rings (SSSR count). The molecule has 2 N–H and O–H groups in total. The summed E-state index contributed by atoms with van der Waals surface area (Å²) in [5.41, 5.74) is 1.08. The van der Waals surface area contributed by atoms with E-state index in [1.54, 1.807) is 24.4 Å². The van der Waals surface area contributed by atoms with Gasteiger partial charge in [0.1, 0.15) is 11.6 Å². The number of amides is 1. The van der Waals surface area contributed by atoms with Gasteiger partial charge in [0, 0.05) is 49.0 Å². The van der Waals surface area contributed by atoms with Crippen LogP contribution in [0.1, 0.15) is 29.2 Å². The van der Waals surface area contributed by atoms with Gasteiger partial charge in [0.05, 0.1) is 17.3 Å². The zero-order chi connectivity index (χ0) is 24.9. The maximum atomic E-state index is 14.9. The van der Waals surface area contributed by atoms with Crippen LogP contribution < -0.4 is 10.1 Å². The van der Waals surface area contributed by atoms with E-state index in [1.807, 2.05) is 10.7 Å². The molecular weight excluding hydrogens is 482 g/mol. The molecule has 1 amide bonds. The smallest absolute Gasteiger partial charge is 0.290 e. The summed E-state index contributed by atoms with van der Waals surface area (Å²) >= 11 is 6.22. The van der Waals surface area contributed by atoms with Crippen LogP contribution in [0.25, 0.3) is 11.3 Å². The molecule has 0 bridgehead atoms.